The van der Waals surface area contributed by atoms with Crippen LogP contribution in [0.2, 0.25) is 5.02 Å². The second kappa shape index (κ2) is 7.76. The second-order valence-electron chi connectivity index (χ2n) is 7.12. The van der Waals surface area contributed by atoms with E-state index in [1.54, 1.807) is 12.1 Å². The van der Waals surface area contributed by atoms with Crippen LogP contribution in [0.15, 0.2) is 23.7 Å². The fourth-order valence-corrected chi connectivity index (χ4v) is 3.17. The highest BCUT2D eigenvalue weighted by Crippen LogP contribution is 2.39. The number of carbonyl (C=O) groups is 2. The maximum Gasteiger partial charge on any atom is 0.491 e. The van der Waals surface area contributed by atoms with Gasteiger partial charge in [-0.2, -0.15) is 0 Å². The third kappa shape index (κ3) is 4.71. The molecule has 1 fully saturated rings. The lowest BCUT2D eigenvalue weighted by molar-refractivity contribution is -0.109. The van der Waals surface area contributed by atoms with Crippen molar-refractivity contribution in [3.05, 3.63) is 39.8 Å². The van der Waals surface area contributed by atoms with Gasteiger partial charge in [0.2, 0.25) is 0 Å². The molecule has 1 aliphatic heterocycles. The highest BCUT2D eigenvalue weighted by atomic mass is 35.5. The molecule has 2 rings (SSSR count). The fourth-order valence-electron chi connectivity index (χ4n) is 2.40. The number of thioether (sulfide) groups is 1. The zero-order valence-electron chi connectivity index (χ0n) is 15.5. The molecule has 0 radical (unpaired) electrons. The number of carbonyl (C=O) groups excluding carboxylic acids is 1. The van der Waals surface area contributed by atoms with E-state index in [0.717, 1.165) is 11.8 Å². The van der Waals surface area contributed by atoms with Crippen molar-refractivity contribution in [2.75, 3.05) is 5.75 Å². The molecule has 0 saturated carbocycles. The molecule has 1 aliphatic rings. The number of aromatic carboxylic acids is 1. The Labute approximate surface area is 163 Å². The van der Waals surface area contributed by atoms with Gasteiger partial charge in [0.1, 0.15) is 0 Å². The van der Waals surface area contributed by atoms with Gasteiger partial charge in [-0.15, -0.1) is 0 Å². The Balaban J connectivity index is 2.46. The Bertz CT molecular complexity index is 744. The summed E-state index contributed by atoms with van der Waals surface area (Å²) in [5.41, 5.74) is 0.159. The molecule has 26 heavy (non-hydrogen) atoms. The highest BCUT2D eigenvalue weighted by Gasteiger charge is 2.52. The molecule has 1 heterocycles. The minimum atomic E-state index is -1.06. The molecule has 0 spiro atoms. The van der Waals surface area contributed by atoms with Crippen LogP contribution in [0, 0.1) is 0 Å². The van der Waals surface area contributed by atoms with E-state index in [-0.39, 0.29) is 10.7 Å². The zero-order chi connectivity index (χ0) is 19.7. The van der Waals surface area contributed by atoms with Crippen LogP contribution in [0.3, 0.4) is 0 Å². The summed E-state index contributed by atoms with van der Waals surface area (Å²) in [6.07, 6.45) is 1.69. The van der Waals surface area contributed by atoms with Crippen LogP contribution < -0.4 is 0 Å². The second-order valence-corrected chi connectivity index (χ2v) is 8.71. The van der Waals surface area contributed by atoms with Gasteiger partial charge in [0.05, 0.1) is 16.8 Å². The molecule has 140 valence electrons. The van der Waals surface area contributed by atoms with E-state index >= 15 is 0 Å². The lowest BCUT2D eigenvalue weighted by atomic mass is 9.78. The topological polar surface area (TPSA) is 72.8 Å². The van der Waals surface area contributed by atoms with Gasteiger partial charge in [-0.3, -0.25) is 4.79 Å². The van der Waals surface area contributed by atoms with Crippen molar-refractivity contribution in [1.82, 2.24) is 0 Å². The Kier molecular flexibility index (Phi) is 6.28. The van der Waals surface area contributed by atoms with Gasteiger partial charge in [-0.25, -0.2) is 4.79 Å². The number of rotatable bonds is 5. The molecule has 1 saturated heterocycles. The van der Waals surface area contributed by atoms with Crippen LogP contribution in [0.25, 0.3) is 6.08 Å². The van der Waals surface area contributed by atoms with Crippen molar-refractivity contribution in [2.45, 2.75) is 45.8 Å². The SMILES string of the molecule is CC(=O)SCC(=Cc1cc(Cl)ccc1C(=O)O)B1OC(C)(C)C(C)(C)O1. The molecule has 5 nitrogen and oxygen atoms in total. The molecule has 1 N–H and O–H groups in total. The van der Waals surface area contributed by atoms with Crippen molar-refractivity contribution < 1.29 is 24.0 Å². The first-order valence-electron chi connectivity index (χ1n) is 8.15. The third-order valence-electron chi connectivity index (χ3n) is 4.58. The van der Waals surface area contributed by atoms with Gasteiger partial charge in [0.25, 0.3) is 0 Å². The standard InChI is InChI=1S/C18H22BClO5S/c1-11(21)26-10-13(19-24-17(2,3)18(4,5)25-19)8-12-9-14(20)6-7-15(12)16(22)23/h6-9H,10H2,1-5H3,(H,22,23). The average Bonchev–Trinajstić information content (AvgIpc) is 2.71. The van der Waals surface area contributed by atoms with E-state index in [9.17, 15) is 14.7 Å². The highest BCUT2D eigenvalue weighted by molar-refractivity contribution is 8.13. The Morgan fingerprint density at radius 3 is 2.31 bits per heavy atom. The van der Waals surface area contributed by atoms with Gasteiger partial charge < -0.3 is 14.4 Å². The molecule has 0 unspecified atom stereocenters. The third-order valence-corrected chi connectivity index (χ3v) is 5.70. The molecule has 0 aromatic heterocycles. The molecular formula is C18H22BClO5S. The van der Waals surface area contributed by atoms with Gasteiger partial charge in [-0.05, 0) is 56.9 Å². The first-order chi connectivity index (χ1) is 11.9. The van der Waals surface area contributed by atoms with Crippen LogP contribution in [0.5, 0.6) is 0 Å². The van der Waals surface area contributed by atoms with Crippen LogP contribution >= 0.6 is 23.4 Å². The summed E-state index contributed by atoms with van der Waals surface area (Å²) in [6, 6.07) is 4.56. The zero-order valence-corrected chi connectivity index (χ0v) is 17.0. The maximum atomic E-state index is 11.5. The fraction of sp³-hybridized carbons (Fsp3) is 0.444. The summed E-state index contributed by atoms with van der Waals surface area (Å²) in [6.45, 7) is 9.22. The van der Waals surface area contributed by atoms with E-state index in [1.807, 2.05) is 27.7 Å². The summed E-state index contributed by atoms with van der Waals surface area (Å²) in [7, 11) is -0.674. The summed E-state index contributed by atoms with van der Waals surface area (Å²) >= 11 is 7.16. The molecular weight excluding hydrogens is 375 g/mol. The van der Waals surface area contributed by atoms with E-state index in [0.29, 0.717) is 21.8 Å². The van der Waals surface area contributed by atoms with Crippen LogP contribution in [-0.2, 0) is 14.1 Å². The predicted octanol–water partition coefficient (Wildman–Crippen LogP) is 4.33. The predicted molar refractivity (Wildman–Crippen MR) is 106 cm³/mol. The monoisotopic (exact) mass is 396 g/mol. The van der Waals surface area contributed by atoms with Crippen molar-refractivity contribution >= 4 is 47.6 Å². The Morgan fingerprint density at radius 2 is 1.81 bits per heavy atom. The average molecular weight is 397 g/mol. The first-order valence-corrected chi connectivity index (χ1v) is 9.51. The van der Waals surface area contributed by atoms with E-state index in [2.05, 4.69) is 0 Å². The van der Waals surface area contributed by atoms with Crippen molar-refractivity contribution in [1.29, 1.82) is 0 Å². The molecule has 0 aliphatic carbocycles. The van der Waals surface area contributed by atoms with Crippen LogP contribution in [0.4, 0.5) is 0 Å². The summed E-state index contributed by atoms with van der Waals surface area (Å²) in [5.74, 6) is -0.724. The molecule has 1 aromatic carbocycles. The normalized spacial score (nSPS) is 18.8. The smallest absolute Gasteiger partial charge is 0.478 e. The lowest BCUT2D eigenvalue weighted by Crippen LogP contribution is -2.41. The molecule has 8 heteroatoms. The molecule has 0 bridgehead atoms. The van der Waals surface area contributed by atoms with Crippen molar-refractivity contribution in [3.63, 3.8) is 0 Å². The molecule has 0 atom stereocenters. The van der Waals surface area contributed by atoms with Gasteiger partial charge in [-0.1, -0.05) is 29.4 Å². The van der Waals surface area contributed by atoms with Crippen molar-refractivity contribution in [2.24, 2.45) is 0 Å². The molecule has 0 amide bonds. The summed E-state index contributed by atoms with van der Waals surface area (Å²) in [5, 5.41) is 9.81. The van der Waals surface area contributed by atoms with E-state index in [4.69, 9.17) is 20.9 Å². The minimum Gasteiger partial charge on any atom is -0.478 e. The number of hydrogen-bond acceptors (Lipinski definition) is 5. The number of hydrogen-bond donors (Lipinski definition) is 1. The first kappa shape index (κ1) is 21.0. The van der Waals surface area contributed by atoms with Crippen LogP contribution in [0.1, 0.15) is 50.5 Å². The lowest BCUT2D eigenvalue weighted by Gasteiger charge is -2.32. The number of benzene rings is 1. The van der Waals surface area contributed by atoms with E-state index < -0.39 is 24.3 Å². The summed E-state index contributed by atoms with van der Waals surface area (Å²) in [4.78, 5) is 23.0. The van der Waals surface area contributed by atoms with Crippen molar-refractivity contribution in [3.8, 4) is 0 Å². The number of carboxylic acid groups (broad SMARTS) is 1. The van der Waals surface area contributed by atoms with Gasteiger partial charge >= 0.3 is 13.1 Å². The van der Waals surface area contributed by atoms with E-state index in [1.165, 1.54) is 19.1 Å². The largest absolute Gasteiger partial charge is 0.491 e. The van der Waals surface area contributed by atoms with Gasteiger partial charge in [0.15, 0.2) is 5.12 Å². The molecule has 1 aromatic rings. The summed E-state index contributed by atoms with van der Waals surface area (Å²) < 4.78 is 12.1. The Morgan fingerprint density at radius 1 is 1.23 bits per heavy atom. The minimum absolute atomic E-state index is 0.0445. The maximum absolute atomic E-state index is 11.5. The van der Waals surface area contributed by atoms with Crippen LogP contribution in [-0.4, -0.2) is 40.3 Å². The quantitative estimate of drug-likeness (QED) is 0.747. The number of carboxylic acids is 1. The van der Waals surface area contributed by atoms with Gasteiger partial charge in [0, 0.05) is 17.7 Å². The Hall–Kier alpha value is -1.28. The number of halogens is 1.